The molecule has 0 radical (unpaired) electrons. The van der Waals surface area contributed by atoms with E-state index < -0.39 is 5.60 Å². The number of anilines is 2. The lowest BCUT2D eigenvalue weighted by Gasteiger charge is -2.27. The van der Waals surface area contributed by atoms with Gasteiger partial charge in [0, 0.05) is 13.1 Å². The average molecular weight is 280 g/mol. The van der Waals surface area contributed by atoms with Crippen LogP contribution in [-0.4, -0.2) is 27.0 Å². The summed E-state index contributed by atoms with van der Waals surface area (Å²) >= 11 is 0. The van der Waals surface area contributed by atoms with Crippen LogP contribution in [0.3, 0.4) is 0 Å². The monoisotopic (exact) mass is 280 g/mol. The molecule has 5 heteroatoms. The topological polar surface area (TPSA) is 76.1 Å². The average Bonchev–Trinajstić information content (AvgIpc) is 2.58. The SMILES string of the molecule is CCCn1nc(C)c(N)c1NCC1(O)CCCCCC1. The van der Waals surface area contributed by atoms with Crippen LogP contribution in [-0.2, 0) is 6.54 Å². The second-order valence-electron chi connectivity index (χ2n) is 6.06. The summed E-state index contributed by atoms with van der Waals surface area (Å²) in [6.45, 7) is 5.45. The Morgan fingerprint density at radius 2 is 1.95 bits per heavy atom. The van der Waals surface area contributed by atoms with Crippen molar-refractivity contribution >= 4 is 11.5 Å². The molecule has 0 spiro atoms. The molecule has 20 heavy (non-hydrogen) atoms. The van der Waals surface area contributed by atoms with Crippen molar-refractivity contribution in [3.8, 4) is 0 Å². The molecule has 1 aromatic heterocycles. The molecule has 2 rings (SSSR count). The van der Waals surface area contributed by atoms with Gasteiger partial charge in [0.25, 0.3) is 0 Å². The molecule has 0 aromatic carbocycles. The maximum atomic E-state index is 10.7. The van der Waals surface area contributed by atoms with Gasteiger partial charge in [-0.05, 0) is 26.2 Å². The van der Waals surface area contributed by atoms with Gasteiger partial charge in [-0.25, -0.2) is 4.68 Å². The maximum Gasteiger partial charge on any atom is 0.148 e. The molecule has 1 fully saturated rings. The van der Waals surface area contributed by atoms with Crippen molar-refractivity contribution in [1.82, 2.24) is 9.78 Å². The maximum absolute atomic E-state index is 10.7. The number of nitrogen functional groups attached to an aromatic ring is 1. The molecular weight excluding hydrogens is 252 g/mol. The number of hydrogen-bond donors (Lipinski definition) is 3. The highest BCUT2D eigenvalue weighted by atomic mass is 16.3. The highest BCUT2D eigenvalue weighted by Gasteiger charge is 2.28. The summed E-state index contributed by atoms with van der Waals surface area (Å²) in [5.41, 5.74) is 7.06. The van der Waals surface area contributed by atoms with E-state index in [0.717, 1.165) is 50.2 Å². The zero-order valence-corrected chi connectivity index (χ0v) is 12.8. The third-order valence-corrected chi connectivity index (χ3v) is 4.23. The minimum Gasteiger partial charge on any atom is -0.394 e. The molecule has 1 aliphatic rings. The fraction of sp³-hybridized carbons (Fsp3) is 0.800. The standard InChI is InChI=1S/C15H28N4O/c1-3-10-19-14(13(16)12(2)18-19)17-11-15(20)8-6-4-5-7-9-15/h17,20H,3-11,16H2,1-2H3. The number of aliphatic hydroxyl groups is 1. The van der Waals surface area contributed by atoms with Crippen molar-refractivity contribution in [1.29, 1.82) is 0 Å². The smallest absolute Gasteiger partial charge is 0.148 e. The third-order valence-electron chi connectivity index (χ3n) is 4.23. The van der Waals surface area contributed by atoms with Gasteiger partial charge in [-0.1, -0.05) is 32.6 Å². The van der Waals surface area contributed by atoms with Crippen LogP contribution in [0.1, 0.15) is 57.6 Å². The van der Waals surface area contributed by atoms with E-state index in [0.29, 0.717) is 12.2 Å². The van der Waals surface area contributed by atoms with Gasteiger partial charge in [0.15, 0.2) is 0 Å². The van der Waals surface area contributed by atoms with Crippen LogP contribution in [0.2, 0.25) is 0 Å². The van der Waals surface area contributed by atoms with Gasteiger partial charge in [-0.2, -0.15) is 5.10 Å². The van der Waals surface area contributed by atoms with Gasteiger partial charge in [-0.15, -0.1) is 0 Å². The Kier molecular flexibility index (Phi) is 4.91. The number of nitrogens with two attached hydrogens (primary N) is 1. The van der Waals surface area contributed by atoms with E-state index in [-0.39, 0.29) is 0 Å². The summed E-state index contributed by atoms with van der Waals surface area (Å²) < 4.78 is 1.92. The molecule has 1 aliphatic carbocycles. The highest BCUT2D eigenvalue weighted by Crippen LogP contribution is 2.29. The quantitative estimate of drug-likeness (QED) is 0.725. The molecule has 1 aromatic rings. The molecule has 1 heterocycles. The lowest BCUT2D eigenvalue weighted by atomic mass is 9.94. The second-order valence-corrected chi connectivity index (χ2v) is 6.06. The van der Waals surface area contributed by atoms with Crippen molar-refractivity contribution in [2.75, 3.05) is 17.6 Å². The van der Waals surface area contributed by atoms with Gasteiger partial charge in [0.2, 0.25) is 0 Å². The fourth-order valence-corrected chi connectivity index (χ4v) is 2.97. The van der Waals surface area contributed by atoms with Gasteiger partial charge in [0.05, 0.1) is 17.0 Å². The minimum atomic E-state index is -0.599. The van der Waals surface area contributed by atoms with Crippen molar-refractivity contribution in [2.24, 2.45) is 0 Å². The molecule has 1 saturated carbocycles. The largest absolute Gasteiger partial charge is 0.394 e. The molecule has 0 unspecified atom stereocenters. The second kappa shape index (κ2) is 6.48. The number of aromatic nitrogens is 2. The van der Waals surface area contributed by atoms with E-state index in [2.05, 4.69) is 17.3 Å². The Morgan fingerprint density at radius 1 is 1.30 bits per heavy atom. The van der Waals surface area contributed by atoms with Gasteiger partial charge >= 0.3 is 0 Å². The van der Waals surface area contributed by atoms with Crippen molar-refractivity contribution < 1.29 is 5.11 Å². The van der Waals surface area contributed by atoms with Crippen LogP contribution in [0.4, 0.5) is 11.5 Å². The van der Waals surface area contributed by atoms with Crippen LogP contribution < -0.4 is 11.1 Å². The Balaban J connectivity index is 2.05. The van der Waals surface area contributed by atoms with Crippen LogP contribution in [0.15, 0.2) is 0 Å². The lowest BCUT2D eigenvalue weighted by Crippen LogP contribution is -2.36. The fourth-order valence-electron chi connectivity index (χ4n) is 2.97. The zero-order valence-electron chi connectivity index (χ0n) is 12.8. The van der Waals surface area contributed by atoms with E-state index in [4.69, 9.17) is 5.73 Å². The van der Waals surface area contributed by atoms with E-state index in [1.54, 1.807) is 0 Å². The van der Waals surface area contributed by atoms with Crippen molar-refractivity contribution in [2.45, 2.75) is 70.9 Å². The van der Waals surface area contributed by atoms with Crippen molar-refractivity contribution in [3.63, 3.8) is 0 Å². The predicted octanol–water partition coefficient (Wildman–Crippen LogP) is 2.68. The zero-order chi connectivity index (χ0) is 14.6. The summed E-state index contributed by atoms with van der Waals surface area (Å²) in [5, 5.41) is 18.5. The van der Waals surface area contributed by atoms with Gasteiger partial charge in [-0.3, -0.25) is 0 Å². The van der Waals surface area contributed by atoms with Crippen LogP contribution in [0.25, 0.3) is 0 Å². The van der Waals surface area contributed by atoms with E-state index in [9.17, 15) is 5.11 Å². The summed E-state index contributed by atoms with van der Waals surface area (Å²) in [5.74, 6) is 0.863. The van der Waals surface area contributed by atoms with Crippen LogP contribution in [0, 0.1) is 6.92 Å². The van der Waals surface area contributed by atoms with E-state index in [1.807, 2.05) is 11.6 Å². The third kappa shape index (κ3) is 3.45. The normalized spacial score (nSPS) is 18.8. The first-order valence-electron chi connectivity index (χ1n) is 7.85. The summed E-state index contributed by atoms with van der Waals surface area (Å²) in [6.07, 6.45) is 7.46. The van der Waals surface area contributed by atoms with E-state index >= 15 is 0 Å². The summed E-state index contributed by atoms with van der Waals surface area (Å²) in [6, 6.07) is 0. The van der Waals surface area contributed by atoms with Crippen LogP contribution >= 0.6 is 0 Å². The molecular formula is C15H28N4O. The summed E-state index contributed by atoms with van der Waals surface area (Å²) in [4.78, 5) is 0. The van der Waals surface area contributed by atoms with Crippen LogP contribution in [0.5, 0.6) is 0 Å². The predicted molar refractivity (Wildman–Crippen MR) is 82.8 cm³/mol. The molecule has 0 saturated heterocycles. The molecule has 0 atom stereocenters. The Morgan fingerprint density at radius 3 is 2.55 bits per heavy atom. The Bertz CT molecular complexity index is 433. The molecule has 0 amide bonds. The number of nitrogens with zero attached hydrogens (tertiary/aromatic N) is 2. The molecule has 5 nitrogen and oxygen atoms in total. The minimum absolute atomic E-state index is 0.562. The first kappa shape index (κ1) is 15.2. The molecule has 0 aliphatic heterocycles. The van der Waals surface area contributed by atoms with Gasteiger partial charge in [0.1, 0.15) is 5.82 Å². The molecule has 114 valence electrons. The molecule has 4 N–H and O–H groups in total. The number of aryl methyl sites for hydroxylation is 2. The molecule has 0 bridgehead atoms. The first-order chi connectivity index (χ1) is 9.56. The number of rotatable bonds is 5. The Labute approximate surface area is 121 Å². The van der Waals surface area contributed by atoms with Gasteiger partial charge < -0.3 is 16.2 Å². The Hall–Kier alpha value is -1.23. The lowest BCUT2D eigenvalue weighted by molar-refractivity contribution is 0.0380. The summed E-state index contributed by atoms with van der Waals surface area (Å²) in [7, 11) is 0. The first-order valence-corrected chi connectivity index (χ1v) is 7.85. The van der Waals surface area contributed by atoms with E-state index in [1.165, 1.54) is 12.8 Å². The highest BCUT2D eigenvalue weighted by molar-refractivity contribution is 5.64. The number of nitrogens with one attached hydrogen (secondary N) is 1. The number of hydrogen-bond acceptors (Lipinski definition) is 4. The van der Waals surface area contributed by atoms with Crippen molar-refractivity contribution in [3.05, 3.63) is 5.69 Å².